The molecule has 13 heavy (non-hydrogen) atoms. The molecular weight excluding hydrogens is 162 g/mol. The van der Waals surface area contributed by atoms with Crippen molar-refractivity contribution < 1.29 is 4.74 Å². The molecule has 0 saturated heterocycles. The van der Waals surface area contributed by atoms with Crippen LogP contribution < -0.4 is 5.32 Å². The van der Waals surface area contributed by atoms with Gasteiger partial charge < -0.3 is 10.1 Å². The molecule has 0 amide bonds. The van der Waals surface area contributed by atoms with Crippen LogP contribution in [0.1, 0.15) is 12.8 Å². The van der Waals surface area contributed by atoms with Crippen molar-refractivity contribution in [2.75, 3.05) is 6.54 Å². The van der Waals surface area contributed by atoms with Gasteiger partial charge in [-0.15, -0.1) is 0 Å². The van der Waals surface area contributed by atoms with Crippen LogP contribution in [0.2, 0.25) is 0 Å². The van der Waals surface area contributed by atoms with E-state index >= 15 is 0 Å². The van der Waals surface area contributed by atoms with Crippen molar-refractivity contribution in [2.24, 2.45) is 0 Å². The van der Waals surface area contributed by atoms with E-state index in [1.54, 1.807) is 6.26 Å². The van der Waals surface area contributed by atoms with E-state index in [9.17, 15) is 0 Å². The summed E-state index contributed by atoms with van der Waals surface area (Å²) in [6.07, 6.45) is 10.2. The number of nitrogens with one attached hydrogen (secondary N) is 1. The molecule has 2 heteroatoms. The summed E-state index contributed by atoms with van der Waals surface area (Å²) < 4.78 is 5.43. The minimum atomic E-state index is 1.01. The molecule has 2 nitrogen and oxygen atoms in total. The van der Waals surface area contributed by atoms with E-state index < -0.39 is 0 Å². The van der Waals surface area contributed by atoms with Gasteiger partial charge >= 0.3 is 0 Å². The van der Waals surface area contributed by atoms with Crippen molar-refractivity contribution in [3.8, 4) is 0 Å². The van der Waals surface area contributed by atoms with Crippen LogP contribution in [0.3, 0.4) is 0 Å². The summed E-state index contributed by atoms with van der Waals surface area (Å²) in [6.45, 7) is 1.08. The summed E-state index contributed by atoms with van der Waals surface area (Å²) in [5.74, 6) is 1.01. The lowest BCUT2D eigenvalue weighted by molar-refractivity contribution is 0.352. The van der Waals surface area contributed by atoms with Crippen LogP contribution in [-0.4, -0.2) is 6.54 Å². The van der Waals surface area contributed by atoms with Crippen molar-refractivity contribution in [3.05, 3.63) is 47.1 Å². The molecule has 0 aromatic carbocycles. The lowest BCUT2D eigenvalue weighted by Gasteiger charge is -2.19. The lowest BCUT2D eigenvalue weighted by Crippen LogP contribution is -2.09. The zero-order valence-electron chi connectivity index (χ0n) is 7.34. The average Bonchev–Trinajstić information content (AvgIpc) is 2.61. The molecule has 3 aliphatic rings. The highest BCUT2D eigenvalue weighted by atomic mass is 16.5. The van der Waals surface area contributed by atoms with Crippen molar-refractivity contribution in [1.29, 1.82) is 0 Å². The SMILES string of the molecule is C1=COC2=CC3=C(CCN3)CC2=C1. The first kappa shape index (κ1) is 7.01. The summed E-state index contributed by atoms with van der Waals surface area (Å²) in [5.41, 5.74) is 4.11. The van der Waals surface area contributed by atoms with E-state index in [4.69, 9.17) is 4.74 Å². The van der Waals surface area contributed by atoms with Crippen LogP contribution in [0.5, 0.6) is 0 Å². The molecule has 1 aliphatic carbocycles. The maximum absolute atomic E-state index is 5.43. The Morgan fingerprint density at radius 3 is 3.38 bits per heavy atom. The fourth-order valence-electron chi connectivity index (χ4n) is 2.00. The van der Waals surface area contributed by atoms with Crippen LogP contribution in [-0.2, 0) is 4.74 Å². The maximum Gasteiger partial charge on any atom is 0.132 e. The molecule has 0 saturated carbocycles. The molecule has 0 atom stereocenters. The van der Waals surface area contributed by atoms with Gasteiger partial charge in [0.2, 0.25) is 0 Å². The van der Waals surface area contributed by atoms with E-state index in [0.717, 1.165) is 18.7 Å². The Bertz CT molecular complexity index is 372. The van der Waals surface area contributed by atoms with Gasteiger partial charge in [0.1, 0.15) is 5.76 Å². The van der Waals surface area contributed by atoms with Gasteiger partial charge in [0.05, 0.1) is 6.26 Å². The second-order valence-electron chi connectivity index (χ2n) is 3.52. The van der Waals surface area contributed by atoms with Crippen LogP contribution >= 0.6 is 0 Å². The van der Waals surface area contributed by atoms with Crippen molar-refractivity contribution in [1.82, 2.24) is 5.32 Å². The van der Waals surface area contributed by atoms with E-state index in [1.807, 2.05) is 6.08 Å². The van der Waals surface area contributed by atoms with Crippen LogP contribution in [0.15, 0.2) is 47.1 Å². The second kappa shape index (κ2) is 2.52. The van der Waals surface area contributed by atoms with Crippen LogP contribution in [0, 0.1) is 0 Å². The topological polar surface area (TPSA) is 21.3 Å². The van der Waals surface area contributed by atoms with E-state index in [0.29, 0.717) is 0 Å². The van der Waals surface area contributed by atoms with Crippen molar-refractivity contribution in [3.63, 3.8) is 0 Å². The Balaban J connectivity index is 2.03. The van der Waals surface area contributed by atoms with Gasteiger partial charge in [0.15, 0.2) is 0 Å². The fraction of sp³-hybridized carbons (Fsp3) is 0.273. The molecule has 0 radical (unpaired) electrons. The first-order chi connectivity index (χ1) is 6.43. The van der Waals surface area contributed by atoms with Gasteiger partial charge in [0.25, 0.3) is 0 Å². The summed E-state index contributed by atoms with van der Waals surface area (Å²) >= 11 is 0. The molecule has 3 rings (SSSR count). The highest BCUT2D eigenvalue weighted by molar-refractivity contribution is 5.47. The molecule has 0 unspecified atom stereocenters. The Hall–Kier alpha value is -1.44. The van der Waals surface area contributed by atoms with Crippen molar-refractivity contribution in [2.45, 2.75) is 12.8 Å². The Morgan fingerprint density at radius 2 is 2.38 bits per heavy atom. The molecule has 0 bridgehead atoms. The minimum Gasteiger partial charge on any atom is -0.465 e. The first-order valence-corrected chi connectivity index (χ1v) is 4.64. The molecule has 0 fully saturated rings. The van der Waals surface area contributed by atoms with Gasteiger partial charge in [0, 0.05) is 18.3 Å². The zero-order valence-corrected chi connectivity index (χ0v) is 7.34. The number of fused-ring (bicyclic) bond motifs is 1. The van der Waals surface area contributed by atoms with E-state index in [-0.39, 0.29) is 0 Å². The average molecular weight is 173 g/mol. The maximum atomic E-state index is 5.43. The largest absolute Gasteiger partial charge is 0.465 e. The third-order valence-corrected chi connectivity index (χ3v) is 2.69. The third kappa shape index (κ3) is 1.02. The first-order valence-electron chi connectivity index (χ1n) is 4.64. The number of allylic oxidation sites excluding steroid dienone is 4. The highest BCUT2D eigenvalue weighted by Crippen LogP contribution is 2.33. The Labute approximate surface area is 77.3 Å². The molecule has 0 spiro atoms. The molecular formula is C11H11NO. The van der Waals surface area contributed by atoms with E-state index in [1.165, 1.54) is 23.3 Å². The normalized spacial score (nSPS) is 24.0. The number of hydrogen-bond acceptors (Lipinski definition) is 2. The third-order valence-electron chi connectivity index (χ3n) is 2.69. The second-order valence-corrected chi connectivity index (χ2v) is 3.52. The smallest absolute Gasteiger partial charge is 0.132 e. The minimum absolute atomic E-state index is 1.01. The summed E-state index contributed by atoms with van der Waals surface area (Å²) in [7, 11) is 0. The number of ether oxygens (including phenoxy) is 1. The number of rotatable bonds is 0. The molecule has 2 heterocycles. The molecule has 0 aromatic rings. The van der Waals surface area contributed by atoms with Crippen LogP contribution in [0.4, 0.5) is 0 Å². The number of hydrogen-bond donors (Lipinski definition) is 1. The Kier molecular flexibility index (Phi) is 1.36. The molecule has 2 aliphatic heterocycles. The summed E-state index contributed by atoms with van der Waals surface area (Å²) in [5, 5.41) is 3.36. The predicted molar refractivity (Wildman–Crippen MR) is 50.7 cm³/mol. The summed E-state index contributed by atoms with van der Waals surface area (Å²) in [6, 6.07) is 0. The van der Waals surface area contributed by atoms with Gasteiger partial charge in [-0.25, -0.2) is 0 Å². The standard InChI is InChI=1S/C11H11NO/c1-2-9-6-8-3-4-12-10(8)7-11(9)13-5-1/h1-2,5,7,12H,3-4,6H2. The lowest BCUT2D eigenvalue weighted by atomic mass is 9.95. The monoisotopic (exact) mass is 173 g/mol. The van der Waals surface area contributed by atoms with Crippen molar-refractivity contribution >= 4 is 0 Å². The van der Waals surface area contributed by atoms with Crippen LogP contribution in [0.25, 0.3) is 0 Å². The molecule has 0 aromatic heterocycles. The highest BCUT2D eigenvalue weighted by Gasteiger charge is 2.22. The van der Waals surface area contributed by atoms with Gasteiger partial charge in [-0.1, -0.05) is 6.08 Å². The Morgan fingerprint density at radius 1 is 1.38 bits per heavy atom. The van der Waals surface area contributed by atoms with Gasteiger partial charge in [-0.3, -0.25) is 0 Å². The molecule has 66 valence electrons. The quantitative estimate of drug-likeness (QED) is 0.605. The van der Waals surface area contributed by atoms with Gasteiger partial charge in [-0.2, -0.15) is 0 Å². The predicted octanol–water partition coefficient (Wildman–Crippen LogP) is 1.99. The van der Waals surface area contributed by atoms with Gasteiger partial charge in [-0.05, 0) is 30.1 Å². The zero-order chi connectivity index (χ0) is 8.67. The summed E-state index contributed by atoms with van der Waals surface area (Å²) in [4.78, 5) is 0. The fourth-order valence-corrected chi connectivity index (χ4v) is 2.00. The van der Waals surface area contributed by atoms with E-state index in [2.05, 4.69) is 17.5 Å². The molecule has 1 N–H and O–H groups in total.